The van der Waals surface area contributed by atoms with Crippen molar-refractivity contribution < 1.29 is 35.7 Å². The summed E-state index contributed by atoms with van der Waals surface area (Å²) < 4.78 is 67.6. The van der Waals surface area contributed by atoms with Gasteiger partial charge in [-0.05, 0) is 24.3 Å². The summed E-state index contributed by atoms with van der Waals surface area (Å²) in [7, 11) is -10.1. The highest BCUT2D eigenvalue weighted by atomic mass is 32.2. The van der Waals surface area contributed by atoms with E-state index in [1.54, 1.807) is 24.3 Å². The lowest BCUT2D eigenvalue weighted by molar-refractivity contribution is -0.384. The molecular weight excluding hydrogens is 576 g/mol. The molecule has 202 valence electrons. The molecule has 0 saturated carbocycles. The summed E-state index contributed by atoms with van der Waals surface area (Å²) in [5, 5.41) is 21.2. The normalized spacial score (nSPS) is 12.2. The van der Waals surface area contributed by atoms with Crippen LogP contribution in [0.4, 0.5) is 27.2 Å². The molecule has 0 atom stereocenters. The predicted octanol–water partition coefficient (Wildman–Crippen LogP) is 4.32. The van der Waals surface area contributed by atoms with Crippen LogP contribution in [-0.4, -0.2) is 41.8 Å². The van der Waals surface area contributed by atoms with E-state index in [1.807, 2.05) is 0 Å². The Morgan fingerprint density at radius 3 is 2.15 bits per heavy atom. The SMILES string of the molecule is CC(=O)Nc1ccc(-c2nc(N)sc2N=Nc2cc(S(=O)(=O)O)c3cc([N+](=O)[O-])cc(S(=O)(=O)O)c3c2)cc1. The number of hydrogen-bond acceptors (Lipinski definition) is 12. The van der Waals surface area contributed by atoms with E-state index in [-0.39, 0.29) is 21.7 Å². The van der Waals surface area contributed by atoms with Crippen LogP contribution in [0.5, 0.6) is 0 Å². The number of rotatable bonds is 7. The highest BCUT2D eigenvalue weighted by molar-refractivity contribution is 7.86. The number of thiazole rings is 1. The number of nitrogens with two attached hydrogens (primary N) is 1. The van der Waals surface area contributed by atoms with Gasteiger partial charge in [-0.1, -0.05) is 23.5 Å². The molecular formula is C21H16N6O9S3. The van der Waals surface area contributed by atoms with Crippen molar-refractivity contribution in [1.82, 2.24) is 4.98 Å². The molecule has 3 aromatic carbocycles. The lowest BCUT2D eigenvalue weighted by Gasteiger charge is -2.09. The molecule has 1 amide bonds. The third kappa shape index (κ3) is 6.04. The number of aromatic nitrogens is 1. The quantitative estimate of drug-likeness (QED) is 0.102. The molecule has 4 aromatic rings. The Balaban J connectivity index is 1.87. The van der Waals surface area contributed by atoms with Gasteiger partial charge in [0.2, 0.25) is 5.91 Å². The average molecular weight is 593 g/mol. The zero-order valence-corrected chi connectivity index (χ0v) is 21.9. The summed E-state index contributed by atoms with van der Waals surface area (Å²) in [6.07, 6.45) is 0. The van der Waals surface area contributed by atoms with Gasteiger partial charge in [-0.25, -0.2) is 4.98 Å². The van der Waals surface area contributed by atoms with Crippen LogP contribution in [0.25, 0.3) is 22.0 Å². The van der Waals surface area contributed by atoms with E-state index in [4.69, 9.17) is 5.73 Å². The number of carbonyl (C=O) groups is 1. The summed E-state index contributed by atoms with van der Waals surface area (Å²) in [4.78, 5) is 23.9. The van der Waals surface area contributed by atoms with Gasteiger partial charge in [0, 0.05) is 41.1 Å². The van der Waals surface area contributed by atoms with Crippen molar-refractivity contribution in [3.05, 3.63) is 58.6 Å². The minimum atomic E-state index is -5.09. The Bertz CT molecular complexity index is 1900. The number of amides is 1. The number of carbonyl (C=O) groups excluding carboxylic acids is 1. The number of fused-ring (bicyclic) bond motifs is 1. The lowest BCUT2D eigenvalue weighted by atomic mass is 10.1. The summed E-state index contributed by atoms with van der Waals surface area (Å²) in [6.45, 7) is 1.36. The maximum Gasteiger partial charge on any atom is 0.295 e. The molecule has 0 saturated heterocycles. The van der Waals surface area contributed by atoms with Crippen molar-refractivity contribution >= 4 is 75.4 Å². The molecule has 0 fully saturated rings. The van der Waals surface area contributed by atoms with Crippen LogP contribution in [-0.2, 0) is 25.0 Å². The molecule has 5 N–H and O–H groups in total. The number of azo groups is 1. The number of nitrogens with one attached hydrogen (secondary N) is 1. The Kier molecular flexibility index (Phi) is 7.15. The standard InChI is InChI=1S/C21H16N6O9S3/c1-10(28)23-12-4-2-11(3-5-12)19-20(37-21(22)24-19)26-25-13-6-15-16(17(7-13)38(31,32)33)8-14(27(29)30)9-18(15)39(34,35)36/h2-9H,1H3,(H2,22,24)(H,23,28)(H,31,32,33)(H,34,35,36). The van der Waals surface area contributed by atoms with Gasteiger partial charge < -0.3 is 11.1 Å². The van der Waals surface area contributed by atoms with Crippen molar-refractivity contribution in [2.45, 2.75) is 16.7 Å². The van der Waals surface area contributed by atoms with Gasteiger partial charge >= 0.3 is 0 Å². The second kappa shape index (κ2) is 10.1. The highest BCUT2D eigenvalue weighted by Gasteiger charge is 2.25. The second-order valence-electron chi connectivity index (χ2n) is 7.85. The van der Waals surface area contributed by atoms with Gasteiger partial charge in [0.15, 0.2) is 10.1 Å². The number of nitrogens with zero attached hydrogens (tertiary/aromatic N) is 4. The van der Waals surface area contributed by atoms with E-state index in [1.165, 1.54) is 6.92 Å². The second-order valence-corrected chi connectivity index (χ2v) is 11.6. The fourth-order valence-corrected chi connectivity index (χ4v) is 5.67. The first-order valence-electron chi connectivity index (χ1n) is 10.4. The molecule has 0 spiro atoms. The zero-order chi connectivity index (χ0) is 28.7. The molecule has 0 aliphatic carbocycles. The number of nitro groups is 1. The predicted molar refractivity (Wildman–Crippen MR) is 141 cm³/mol. The highest BCUT2D eigenvalue weighted by Crippen LogP contribution is 2.40. The number of non-ortho nitro benzene ring substituents is 1. The number of anilines is 2. The average Bonchev–Trinajstić information content (AvgIpc) is 3.20. The molecule has 0 unspecified atom stereocenters. The Morgan fingerprint density at radius 1 is 1.00 bits per heavy atom. The van der Waals surface area contributed by atoms with Crippen LogP contribution in [0.1, 0.15) is 6.92 Å². The van der Waals surface area contributed by atoms with E-state index in [9.17, 15) is 40.8 Å². The van der Waals surface area contributed by atoms with Crippen LogP contribution in [0.3, 0.4) is 0 Å². The third-order valence-electron chi connectivity index (χ3n) is 5.09. The number of hydrogen-bond donors (Lipinski definition) is 4. The van der Waals surface area contributed by atoms with Crippen LogP contribution in [0.2, 0.25) is 0 Å². The van der Waals surface area contributed by atoms with Crippen molar-refractivity contribution in [1.29, 1.82) is 0 Å². The van der Waals surface area contributed by atoms with Crippen molar-refractivity contribution in [2.24, 2.45) is 10.2 Å². The van der Waals surface area contributed by atoms with Crippen molar-refractivity contribution in [2.75, 3.05) is 11.1 Å². The van der Waals surface area contributed by atoms with Crippen molar-refractivity contribution in [3.8, 4) is 11.3 Å². The first-order valence-corrected chi connectivity index (χ1v) is 14.1. The van der Waals surface area contributed by atoms with Gasteiger partial charge in [-0.15, -0.1) is 10.2 Å². The smallest absolute Gasteiger partial charge is 0.295 e. The van der Waals surface area contributed by atoms with Gasteiger partial charge in [0.25, 0.3) is 25.9 Å². The van der Waals surface area contributed by atoms with Crippen LogP contribution in [0, 0.1) is 10.1 Å². The minimum Gasteiger partial charge on any atom is -0.375 e. The van der Waals surface area contributed by atoms with E-state index in [0.29, 0.717) is 23.0 Å². The molecule has 18 heteroatoms. The molecule has 39 heavy (non-hydrogen) atoms. The van der Waals surface area contributed by atoms with Crippen molar-refractivity contribution in [3.63, 3.8) is 0 Å². The third-order valence-corrected chi connectivity index (χ3v) is 7.65. The first-order chi connectivity index (χ1) is 18.1. The van der Waals surface area contributed by atoms with E-state index >= 15 is 0 Å². The number of nitrogen functional groups attached to an aromatic ring is 1. The fraction of sp³-hybridized carbons (Fsp3) is 0.0476. The van der Waals surface area contributed by atoms with Gasteiger partial charge in [-0.3, -0.25) is 24.0 Å². The van der Waals surface area contributed by atoms with E-state index in [2.05, 4.69) is 20.5 Å². The maximum absolute atomic E-state index is 12.1. The molecule has 1 aromatic heterocycles. The fourth-order valence-electron chi connectivity index (χ4n) is 3.56. The maximum atomic E-state index is 12.1. The van der Waals surface area contributed by atoms with Gasteiger partial charge in [-0.2, -0.15) is 16.8 Å². The molecule has 0 radical (unpaired) electrons. The number of benzene rings is 3. The number of nitro benzene ring substituents is 1. The Morgan fingerprint density at radius 2 is 1.59 bits per heavy atom. The Labute approximate surface area is 223 Å². The summed E-state index contributed by atoms with van der Waals surface area (Å²) in [5.41, 5.74) is 6.07. The summed E-state index contributed by atoms with van der Waals surface area (Å²) >= 11 is 0.927. The molecule has 0 aliphatic heterocycles. The summed E-state index contributed by atoms with van der Waals surface area (Å²) in [6, 6.07) is 9.63. The zero-order valence-electron chi connectivity index (χ0n) is 19.5. The molecule has 1 heterocycles. The lowest BCUT2D eigenvalue weighted by Crippen LogP contribution is -2.05. The van der Waals surface area contributed by atoms with E-state index < -0.39 is 51.4 Å². The monoisotopic (exact) mass is 592 g/mol. The van der Waals surface area contributed by atoms with Gasteiger partial charge in [0.05, 0.1) is 10.6 Å². The van der Waals surface area contributed by atoms with E-state index in [0.717, 1.165) is 29.5 Å². The molecule has 4 rings (SSSR count). The van der Waals surface area contributed by atoms with Crippen LogP contribution < -0.4 is 11.1 Å². The topological polar surface area (TPSA) is 245 Å². The molecule has 0 aliphatic rings. The minimum absolute atomic E-state index is 0.114. The van der Waals surface area contributed by atoms with Crippen LogP contribution in [0.15, 0.2) is 68.6 Å². The van der Waals surface area contributed by atoms with Gasteiger partial charge in [0.1, 0.15) is 15.5 Å². The largest absolute Gasteiger partial charge is 0.375 e. The molecule has 15 nitrogen and oxygen atoms in total. The van der Waals surface area contributed by atoms with Crippen LogP contribution >= 0.6 is 11.3 Å². The Hall–Kier alpha value is -4.36. The first kappa shape index (κ1) is 27.7. The molecule has 0 bridgehead atoms. The summed E-state index contributed by atoms with van der Waals surface area (Å²) in [5.74, 6) is -0.262.